The highest BCUT2D eigenvalue weighted by molar-refractivity contribution is 6.27. The third-order valence-electron chi connectivity index (χ3n) is 14.2. The second kappa shape index (κ2) is 15.0. The van der Waals surface area contributed by atoms with Gasteiger partial charge in [-0.05, 0) is 77.9 Å². The van der Waals surface area contributed by atoms with Crippen LogP contribution in [-0.2, 0) is 0 Å². The van der Waals surface area contributed by atoms with Gasteiger partial charge in [0.05, 0.1) is 44.1 Å². The van der Waals surface area contributed by atoms with Crippen LogP contribution in [0.25, 0.3) is 133 Å². The zero-order chi connectivity index (χ0) is 45.9. The highest BCUT2D eigenvalue weighted by atomic mass is 15.3. The van der Waals surface area contributed by atoms with E-state index in [2.05, 4.69) is 255 Å². The van der Waals surface area contributed by atoms with Crippen LogP contribution < -0.4 is 0 Å². The van der Waals surface area contributed by atoms with E-state index in [0.717, 1.165) is 93.7 Å². The topological polar surface area (TPSA) is 58.4 Å². The van der Waals surface area contributed by atoms with Gasteiger partial charge in [0, 0.05) is 60.0 Å². The number of rotatable bonds is 6. The van der Waals surface area contributed by atoms with Crippen LogP contribution in [0.1, 0.15) is 0 Å². The fourth-order valence-electron chi connectivity index (χ4n) is 11.3. The van der Waals surface area contributed by atoms with Crippen LogP contribution >= 0.6 is 0 Å². The summed E-state index contributed by atoms with van der Waals surface area (Å²) >= 11 is 0. The van der Waals surface area contributed by atoms with Gasteiger partial charge < -0.3 is 9.13 Å². The summed E-state index contributed by atoms with van der Waals surface area (Å²) in [5, 5.41) is 9.29. The van der Waals surface area contributed by atoms with Gasteiger partial charge in [0.15, 0.2) is 5.82 Å². The third kappa shape index (κ3) is 5.54. The summed E-state index contributed by atoms with van der Waals surface area (Å²) in [6.45, 7) is 0. The Bertz CT molecular complexity index is 4330. The molecule has 15 aromatic rings. The molecule has 70 heavy (non-hydrogen) atoms. The number of benzene rings is 10. The number of hydrogen-bond donors (Lipinski definition) is 0. The summed E-state index contributed by atoms with van der Waals surface area (Å²) in [4.78, 5) is 16.6. The summed E-state index contributed by atoms with van der Waals surface area (Å²) in [7, 11) is 0. The molecule has 326 valence electrons. The molecular formula is C63H39N7. The predicted octanol–water partition coefficient (Wildman–Crippen LogP) is 15.6. The zero-order valence-electron chi connectivity index (χ0n) is 37.6. The van der Waals surface area contributed by atoms with Crippen molar-refractivity contribution in [3.05, 3.63) is 237 Å². The third-order valence-corrected chi connectivity index (χ3v) is 14.2. The fraction of sp³-hybridized carbons (Fsp3) is 0. The maximum absolute atomic E-state index is 5.62. The monoisotopic (exact) mass is 893 g/mol. The molecule has 0 spiro atoms. The SMILES string of the molecule is c1ccc(-c2cccc(-c3nc(-n4c5ccccc5c5c4ccc4c6ccccc6n(-c6ccccc6)c45)nc(-n4c5ccccc5c5c4ccc4c6ccccc6n(-c6ccccc6)c45)n3)c2)cc1. The number of hydrogen-bond acceptors (Lipinski definition) is 3. The minimum absolute atomic E-state index is 0.531. The molecule has 7 heteroatoms. The Balaban J connectivity index is 1.07. The van der Waals surface area contributed by atoms with E-state index in [1.807, 2.05) is 0 Å². The van der Waals surface area contributed by atoms with Crippen molar-refractivity contribution >= 4 is 87.2 Å². The first-order valence-electron chi connectivity index (χ1n) is 23.7. The molecular weight excluding hydrogens is 855 g/mol. The van der Waals surface area contributed by atoms with Gasteiger partial charge in [0.25, 0.3) is 0 Å². The molecule has 10 aromatic carbocycles. The Hall–Kier alpha value is -9.59. The van der Waals surface area contributed by atoms with Crippen LogP contribution in [0.2, 0.25) is 0 Å². The highest BCUT2D eigenvalue weighted by Gasteiger charge is 2.26. The molecule has 0 bridgehead atoms. The molecule has 7 nitrogen and oxygen atoms in total. The number of aromatic nitrogens is 7. The molecule has 5 aromatic heterocycles. The Morgan fingerprint density at radius 2 is 0.629 bits per heavy atom. The average molecular weight is 894 g/mol. The largest absolute Gasteiger partial charge is 0.309 e. The number of para-hydroxylation sites is 6. The highest BCUT2D eigenvalue weighted by Crippen LogP contribution is 2.44. The van der Waals surface area contributed by atoms with Crippen LogP contribution in [0.3, 0.4) is 0 Å². The Morgan fingerprint density at radius 1 is 0.243 bits per heavy atom. The standard InChI is InChI=1S/C63H39N7/c1-4-19-40(20-5-1)41-21-18-22-42(39-41)61-64-62(69-53-33-16-12-29-49(53)57-55(69)37-35-47-45-27-10-14-31-51(45)67(59(47)57)43-23-6-2-7-24-43)66-63(65-61)70-54-34-17-13-30-50(54)58-56(70)38-36-48-46-28-11-15-32-52(46)68(60(48)58)44-25-8-3-9-26-44/h1-39H. The van der Waals surface area contributed by atoms with Gasteiger partial charge in [-0.3, -0.25) is 9.13 Å². The lowest BCUT2D eigenvalue weighted by atomic mass is 10.0. The molecule has 0 N–H and O–H groups in total. The van der Waals surface area contributed by atoms with E-state index < -0.39 is 0 Å². The first-order chi connectivity index (χ1) is 34.8. The van der Waals surface area contributed by atoms with Crippen molar-refractivity contribution in [2.24, 2.45) is 0 Å². The lowest BCUT2D eigenvalue weighted by Crippen LogP contribution is -2.10. The Kier molecular flexibility index (Phi) is 8.23. The summed E-state index contributed by atoms with van der Waals surface area (Å²) < 4.78 is 9.31. The molecule has 0 amide bonds. The van der Waals surface area contributed by atoms with Gasteiger partial charge in [0.2, 0.25) is 11.9 Å². The lowest BCUT2D eigenvalue weighted by Gasteiger charge is -2.13. The van der Waals surface area contributed by atoms with Gasteiger partial charge in [-0.25, -0.2) is 0 Å². The number of nitrogens with zero attached hydrogens (tertiary/aromatic N) is 7. The van der Waals surface area contributed by atoms with E-state index in [1.165, 1.54) is 21.5 Å². The summed E-state index contributed by atoms with van der Waals surface area (Å²) in [5.74, 6) is 1.64. The van der Waals surface area contributed by atoms with Gasteiger partial charge in [-0.15, -0.1) is 0 Å². The molecule has 15 rings (SSSR count). The average Bonchev–Trinajstić information content (AvgIpc) is 4.16. The van der Waals surface area contributed by atoms with E-state index >= 15 is 0 Å². The van der Waals surface area contributed by atoms with E-state index in [1.54, 1.807) is 0 Å². The van der Waals surface area contributed by atoms with E-state index in [-0.39, 0.29) is 0 Å². The van der Waals surface area contributed by atoms with Crippen LogP contribution in [0, 0.1) is 0 Å². The molecule has 0 unspecified atom stereocenters. The van der Waals surface area contributed by atoms with Gasteiger partial charge in [0.1, 0.15) is 0 Å². The van der Waals surface area contributed by atoms with Crippen molar-refractivity contribution in [3.63, 3.8) is 0 Å². The van der Waals surface area contributed by atoms with Crippen molar-refractivity contribution in [1.29, 1.82) is 0 Å². The summed E-state index contributed by atoms with van der Waals surface area (Å²) in [6.07, 6.45) is 0. The van der Waals surface area contributed by atoms with Crippen molar-refractivity contribution in [3.8, 4) is 45.8 Å². The minimum atomic E-state index is 0.531. The maximum atomic E-state index is 5.62. The first-order valence-corrected chi connectivity index (χ1v) is 23.7. The first kappa shape index (κ1) is 38.5. The quantitative estimate of drug-likeness (QED) is 0.167. The van der Waals surface area contributed by atoms with Gasteiger partial charge >= 0.3 is 0 Å². The Morgan fingerprint density at radius 3 is 1.11 bits per heavy atom. The predicted molar refractivity (Wildman–Crippen MR) is 288 cm³/mol. The molecule has 0 fully saturated rings. The molecule has 0 aliphatic carbocycles. The summed E-state index contributed by atoms with van der Waals surface area (Å²) in [6, 6.07) is 84.2. The van der Waals surface area contributed by atoms with Gasteiger partial charge in [-0.1, -0.05) is 170 Å². The second-order valence-corrected chi connectivity index (χ2v) is 18.0. The van der Waals surface area contributed by atoms with Crippen molar-refractivity contribution in [1.82, 2.24) is 33.2 Å². The minimum Gasteiger partial charge on any atom is -0.309 e. The number of fused-ring (bicyclic) bond motifs is 14. The van der Waals surface area contributed by atoms with Crippen LogP contribution in [0.5, 0.6) is 0 Å². The van der Waals surface area contributed by atoms with E-state index in [0.29, 0.717) is 17.7 Å². The van der Waals surface area contributed by atoms with Crippen molar-refractivity contribution in [2.45, 2.75) is 0 Å². The molecule has 0 saturated carbocycles. The maximum Gasteiger partial charge on any atom is 0.240 e. The van der Waals surface area contributed by atoms with Crippen LogP contribution in [-0.4, -0.2) is 33.2 Å². The van der Waals surface area contributed by atoms with E-state index in [4.69, 9.17) is 15.0 Å². The zero-order valence-corrected chi connectivity index (χ0v) is 37.6. The van der Waals surface area contributed by atoms with E-state index in [9.17, 15) is 0 Å². The summed E-state index contributed by atoms with van der Waals surface area (Å²) in [5.41, 5.74) is 13.9. The van der Waals surface area contributed by atoms with Crippen LogP contribution in [0.15, 0.2) is 237 Å². The smallest absolute Gasteiger partial charge is 0.240 e. The molecule has 5 heterocycles. The molecule has 0 saturated heterocycles. The molecule has 0 aliphatic heterocycles. The normalized spacial score (nSPS) is 12.0. The molecule has 0 atom stereocenters. The lowest BCUT2D eigenvalue weighted by molar-refractivity contribution is 0.893. The molecule has 0 aliphatic rings. The van der Waals surface area contributed by atoms with Crippen molar-refractivity contribution in [2.75, 3.05) is 0 Å². The van der Waals surface area contributed by atoms with Gasteiger partial charge in [-0.2, -0.15) is 15.0 Å². The van der Waals surface area contributed by atoms with Crippen molar-refractivity contribution < 1.29 is 0 Å². The second-order valence-electron chi connectivity index (χ2n) is 18.0. The fourth-order valence-corrected chi connectivity index (χ4v) is 11.3. The Labute approximate surface area is 401 Å². The van der Waals surface area contributed by atoms with Crippen LogP contribution in [0.4, 0.5) is 0 Å². The molecule has 0 radical (unpaired) electrons.